The number of carbonyl (C=O) groups is 1. The number of hydrogen-bond donors (Lipinski definition) is 1. The quantitative estimate of drug-likeness (QED) is 0.706. The zero-order valence-corrected chi connectivity index (χ0v) is 10.0. The third kappa shape index (κ3) is 24.5. The highest BCUT2D eigenvalue weighted by Crippen LogP contribution is 2.15. The molecule has 3 nitrogen and oxygen atoms in total. The monoisotopic (exact) mass is 207 g/mol. The molecule has 4 heteroatoms. The van der Waals surface area contributed by atoms with Gasteiger partial charge in [-0.1, -0.05) is 26.7 Å². The number of amides is 1. The van der Waals surface area contributed by atoms with Gasteiger partial charge in [0.2, 0.25) is 0 Å². The van der Waals surface area contributed by atoms with Crippen molar-refractivity contribution in [3.05, 3.63) is 0 Å². The van der Waals surface area contributed by atoms with Crippen LogP contribution in [-0.4, -0.2) is 10.8 Å². The average molecular weight is 207 g/mol. The zero-order valence-electron chi connectivity index (χ0n) is 9.22. The molecular formula is C9H21NO2S. The molecule has 0 bridgehead atoms. The zero-order chi connectivity index (χ0) is 10.9. The molecule has 0 aromatic carbocycles. The van der Waals surface area contributed by atoms with Crippen LogP contribution in [0.3, 0.4) is 0 Å². The third-order valence-corrected chi connectivity index (χ3v) is 1.62. The Balaban J connectivity index is 0. The maximum Gasteiger partial charge on any atom is 0.303 e. The fourth-order valence-electron chi connectivity index (χ4n) is 0.166. The van der Waals surface area contributed by atoms with Gasteiger partial charge in [0, 0.05) is 0 Å². The van der Waals surface area contributed by atoms with E-state index in [1.165, 1.54) is 12.8 Å². The molecule has 0 aromatic rings. The number of primary amides is 1. The highest BCUT2D eigenvalue weighted by atomic mass is 32.2. The van der Waals surface area contributed by atoms with Crippen molar-refractivity contribution in [2.24, 2.45) is 5.73 Å². The summed E-state index contributed by atoms with van der Waals surface area (Å²) >= 11 is 0.677. The average Bonchev–Trinajstić information content (AvgIpc) is 2.00. The van der Waals surface area contributed by atoms with Gasteiger partial charge < -0.3 is 9.92 Å². The Labute approximate surface area is 85.6 Å². The van der Waals surface area contributed by atoms with Crippen molar-refractivity contribution in [2.45, 2.75) is 53.1 Å². The number of nitrogens with two attached hydrogens (primary N) is 1. The lowest BCUT2D eigenvalue weighted by atomic mass is 10.2. The van der Waals surface area contributed by atoms with Crippen molar-refractivity contribution in [1.29, 1.82) is 0 Å². The minimum atomic E-state index is -0.509. The summed E-state index contributed by atoms with van der Waals surface area (Å²) in [5, 5.41) is -0.509. The van der Waals surface area contributed by atoms with Crippen molar-refractivity contribution in [2.75, 3.05) is 0 Å². The van der Waals surface area contributed by atoms with Gasteiger partial charge in [-0.2, -0.15) is 0 Å². The van der Waals surface area contributed by atoms with Crippen molar-refractivity contribution in [3.8, 4) is 0 Å². The Hall–Kier alpha value is -0.220. The van der Waals surface area contributed by atoms with Crippen LogP contribution in [0.15, 0.2) is 0 Å². The third-order valence-electron chi connectivity index (χ3n) is 0.874. The second kappa shape index (κ2) is 8.38. The van der Waals surface area contributed by atoms with E-state index >= 15 is 0 Å². The SMILES string of the molecule is CC(C)(C)OSC(N)=O.CCCC. The first-order chi connectivity index (χ1) is 5.83. The minimum Gasteiger partial charge on any atom is -0.359 e. The van der Waals surface area contributed by atoms with Gasteiger partial charge in [0.1, 0.15) is 0 Å². The Morgan fingerprint density at radius 3 is 1.77 bits per heavy atom. The summed E-state index contributed by atoms with van der Waals surface area (Å²) in [5.74, 6) is 0. The molecule has 2 N–H and O–H groups in total. The van der Waals surface area contributed by atoms with Crippen molar-refractivity contribution in [3.63, 3.8) is 0 Å². The molecule has 0 atom stereocenters. The van der Waals surface area contributed by atoms with Crippen molar-refractivity contribution >= 4 is 17.3 Å². The highest BCUT2D eigenvalue weighted by Gasteiger charge is 2.12. The summed E-state index contributed by atoms with van der Waals surface area (Å²) in [6.45, 7) is 9.91. The Morgan fingerprint density at radius 2 is 1.69 bits per heavy atom. The lowest BCUT2D eigenvalue weighted by Gasteiger charge is -2.15. The van der Waals surface area contributed by atoms with E-state index in [1.807, 2.05) is 20.8 Å². The van der Waals surface area contributed by atoms with Gasteiger partial charge in [0.05, 0.1) is 17.6 Å². The fraction of sp³-hybridized carbons (Fsp3) is 0.889. The van der Waals surface area contributed by atoms with Crippen LogP contribution < -0.4 is 5.73 Å². The molecule has 80 valence electrons. The molecule has 1 amide bonds. The topological polar surface area (TPSA) is 52.3 Å². The predicted molar refractivity (Wildman–Crippen MR) is 58.6 cm³/mol. The van der Waals surface area contributed by atoms with Gasteiger partial charge >= 0.3 is 5.24 Å². The lowest BCUT2D eigenvalue weighted by molar-refractivity contribution is 0.164. The predicted octanol–water partition coefficient (Wildman–Crippen LogP) is 3.33. The summed E-state index contributed by atoms with van der Waals surface area (Å²) < 4.78 is 4.93. The molecule has 0 aliphatic carbocycles. The minimum absolute atomic E-state index is 0.306. The summed E-state index contributed by atoms with van der Waals surface area (Å²) in [6.07, 6.45) is 2.64. The number of carbonyl (C=O) groups excluding carboxylic acids is 1. The van der Waals surface area contributed by atoms with Crippen molar-refractivity contribution < 1.29 is 8.98 Å². The van der Waals surface area contributed by atoms with Gasteiger partial charge in [0.25, 0.3) is 0 Å². The highest BCUT2D eigenvalue weighted by molar-refractivity contribution is 8.09. The molecule has 0 rings (SSSR count). The second-order valence-corrected chi connectivity index (χ2v) is 4.33. The van der Waals surface area contributed by atoms with Gasteiger partial charge in [-0.3, -0.25) is 4.79 Å². The molecule has 13 heavy (non-hydrogen) atoms. The molecule has 0 saturated carbocycles. The molecule has 0 heterocycles. The molecule has 0 spiro atoms. The summed E-state index contributed by atoms with van der Waals surface area (Å²) in [5.41, 5.74) is 4.49. The van der Waals surface area contributed by atoms with Crippen LogP contribution in [0.2, 0.25) is 0 Å². The molecule has 0 unspecified atom stereocenters. The lowest BCUT2D eigenvalue weighted by Crippen LogP contribution is -2.17. The molecule has 0 radical (unpaired) electrons. The second-order valence-electron chi connectivity index (χ2n) is 3.60. The Bertz CT molecular complexity index is 130. The molecule has 0 aromatic heterocycles. The van der Waals surface area contributed by atoms with Gasteiger partial charge in [0.15, 0.2) is 0 Å². The summed E-state index contributed by atoms with van der Waals surface area (Å²) in [4.78, 5) is 10.1. The number of rotatable bonds is 2. The molecule has 0 saturated heterocycles. The first-order valence-corrected chi connectivity index (χ1v) is 5.22. The van der Waals surface area contributed by atoms with E-state index in [4.69, 9.17) is 9.92 Å². The fourth-order valence-corrected chi connectivity index (χ4v) is 0.498. The van der Waals surface area contributed by atoms with E-state index in [1.54, 1.807) is 0 Å². The summed E-state index contributed by atoms with van der Waals surface area (Å²) in [7, 11) is 0. The van der Waals surface area contributed by atoms with Crippen molar-refractivity contribution in [1.82, 2.24) is 0 Å². The molecule has 0 aliphatic heterocycles. The van der Waals surface area contributed by atoms with Crippen LogP contribution in [-0.2, 0) is 4.18 Å². The van der Waals surface area contributed by atoms with Crippen LogP contribution in [0.4, 0.5) is 4.79 Å². The molecular weight excluding hydrogens is 186 g/mol. The van der Waals surface area contributed by atoms with Crippen LogP contribution in [0.25, 0.3) is 0 Å². The standard InChI is InChI=1S/C5H11NO2S.C4H10/c1-5(2,3)8-9-4(6)7;1-3-4-2/h1-3H3,(H2,6,7);3-4H2,1-2H3. The van der Waals surface area contributed by atoms with Crippen LogP contribution in [0.1, 0.15) is 47.5 Å². The van der Waals surface area contributed by atoms with Gasteiger partial charge in [-0.05, 0) is 20.8 Å². The van der Waals surface area contributed by atoms with Gasteiger partial charge in [-0.15, -0.1) is 0 Å². The van der Waals surface area contributed by atoms with E-state index in [0.717, 1.165) is 0 Å². The van der Waals surface area contributed by atoms with E-state index in [0.29, 0.717) is 12.0 Å². The maximum absolute atomic E-state index is 10.1. The van der Waals surface area contributed by atoms with Crippen LogP contribution >= 0.6 is 12.0 Å². The smallest absolute Gasteiger partial charge is 0.303 e. The van der Waals surface area contributed by atoms with E-state index in [-0.39, 0.29) is 5.60 Å². The number of hydrogen-bond acceptors (Lipinski definition) is 3. The van der Waals surface area contributed by atoms with E-state index in [2.05, 4.69) is 13.8 Å². The van der Waals surface area contributed by atoms with E-state index in [9.17, 15) is 4.79 Å². The van der Waals surface area contributed by atoms with Crippen LogP contribution in [0.5, 0.6) is 0 Å². The van der Waals surface area contributed by atoms with Gasteiger partial charge in [-0.25, -0.2) is 0 Å². The molecule has 0 aliphatic rings. The number of unbranched alkanes of at least 4 members (excludes halogenated alkanes) is 1. The Morgan fingerprint density at radius 1 is 1.31 bits per heavy atom. The van der Waals surface area contributed by atoms with E-state index < -0.39 is 5.24 Å². The molecule has 0 fully saturated rings. The summed E-state index contributed by atoms with van der Waals surface area (Å²) in [6, 6.07) is 0. The first kappa shape index (κ1) is 15.3. The largest absolute Gasteiger partial charge is 0.359 e. The first-order valence-electron chi connectivity index (χ1n) is 4.48. The van der Waals surface area contributed by atoms with Crippen LogP contribution in [0, 0.1) is 0 Å². The Kier molecular flexibility index (Phi) is 9.84. The normalized spacial score (nSPS) is 10.2. The maximum atomic E-state index is 10.1.